The van der Waals surface area contributed by atoms with E-state index in [2.05, 4.69) is 95.9 Å². The van der Waals surface area contributed by atoms with Gasteiger partial charge in [-0.25, -0.2) is 24.9 Å². The van der Waals surface area contributed by atoms with Gasteiger partial charge in [0.25, 0.3) is 11.5 Å². The number of aromatic amines is 1. The maximum Gasteiger partial charge on any atom is 0.341 e. The lowest BCUT2D eigenvalue weighted by Crippen LogP contribution is -2.51. The van der Waals surface area contributed by atoms with E-state index in [4.69, 9.17) is 36.8 Å². The molecule has 3 saturated heterocycles. The number of nitrogens with zero attached hydrogens (tertiary/aromatic N) is 8. The molecule has 10 atom stereocenters. The Labute approximate surface area is 420 Å². The summed E-state index contributed by atoms with van der Waals surface area (Å²) in [7, 11) is -10.2. The quantitative estimate of drug-likeness (QED) is 0.0444. The van der Waals surface area contributed by atoms with Gasteiger partial charge >= 0.3 is 7.60 Å². The summed E-state index contributed by atoms with van der Waals surface area (Å²) in [5.74, 6) is -0.314. The molecule has 0 bridgehead atoms. The predicted octanol–water partition coefficient (Wildman–Crippen LogP) is 7.20. The van der Waals surface area contributed by atoms with Crippen molar-refractivity contribution < 1.29 is 51.3 Å². The highest BCUT2D eigenvalue weighted by molar-refractivity contribution is 7.54. The van der Waals surface area contributed by atoms with Crippen LogP contribution in [0, 0.1) is 11.3 Å². The average molecular weight is 1050 g/mol. The first-order valence-electron chi connectivity index (χ1n) is 24.3. The lowest BCUT2D eigenvalue weighted by atomic mass is 10.1. The monoisotopic (exact) mass is 1050 g/mol. The fraction of sp³-hybridized carbons (Fsp3) is 0.617. The van der Waals surface area contributed by atoms with E-state index in [0.717, 1.165) is 12.8 Å². The van der Waals surface area contributed by atoms with Crippen LogP contribution >= 0.6 is 7.60 Å². The molecule has 22 nitrogen and oxygen atoms in total. The van der Waals surface area contributed by atoms with Crippen molar-refractivity contribution in [2.24, 2.45) is 0 Å². The third-order valence-electron chi connectivity index (χ3n) is 14.5. The van der Waals surface area contributed by atoms with Crippen LogP contribution in [0.5, 0.6) is 0 Å². The Kier molecular flexibility index (Phi) is 15.9. The van der Waals surface area contributed by atoms with E-state index in [-0.39, 0.29) is 51.2 Å². The number of aliphatic hydroxyl groups excluding tert-OH is 1. The molecule has 0 saturated carbocycles. The van der Waals surface area contributed by atoms with Crippen molar-refractivity contribution in [2.45, 2.75) is 158 Å². The van der Waals surface area contributed by atoms with Crippen molar-refractivity contribution >= 4 is 58.3 Å². The van der Waals surface area contributed by atoms with Gasteiger partial charge in [0.1, 0.15) is 36.4 Å². The highest BCUT2D eigenvalue weighted by atomic mass is 31.2. The molecule has 4 aromatic heterocycles. The fourth-order valence-corrected chi connectivity index (χ4v) is 13.5. The Morgan fingerprint density at radius 3 is 2.18 bits per heavy atom. The van der Waals surface area contributed by atoms with Crippen molar-refractivity contribution in [1.29, 1.82) is 5.26 Å². The van der Waals surface area contributed by atoms with Crippen molar-refractivity contribution in [3.8, 4) is 6.07 Å². The van der Waals surface area contributed by atoms with Gasteiger partial charge in [0.15, 0.2) is 63.5 Å². The SMILES string of the molecule is CC(C)(C)[Si](C)(C)O[C@@H]1C(COP(=O)(OCCC#N)[C@H]2C(n3cnc4c(NC(=O)c5ccccc5)ncnc43)OC(CO)[C@H]2O[Si](C)(C)C(C)(C)C)OC(n2cnc3c(=O)[nH]cnc32)[C@@H]1OC1CCCCO1. The number of fused-ring (bicyclic) bond motifs is 2. The molecule has 0 spiro atoms. The Morgan fingerprint density at radius 1 is 0.875 bits per heavy atom. The molecule has 72 heavy (non-hydrogen) atoms. The highest BCUT2D eigenvalue weighted by Crippen LogP contribution is 2.63. The second kappa shape index (κ2) is 21.3. The number of carbonyl (C=O) groups excluding carboxylic acids is 1. The van der Waals surface area contributed by atoms with Gasteiger partial charge < -0.3 is 52.3 Å². The van der Waals surface area contributed by atoms with Crippen LogP contribution in [-0.4, -0.2) is 136 Å². The Bertz CT molecular complexity index is 2840. The summed E-state index contributed by atoms with van der Waals surface area (Å²) < 4.78 is 73.8. The minimum absolute atomic E-state index is 0.0900. The van der Waals surface area contributed by atoms with Crippen molar-refractivity contribution in [1.82, 2.24) is 39.0 Å². The van der Waals surface area contributed by atoms with E-state index >= 15 is 4.57 Å². The first-order chi connectivity index (χ1) is 34.1. The molecular weight excluding hydrogens is 984 g/mol. The van der Waals surface area contributed by atoms with Gasteiger partial charge in [-0.05, 0) is 67.7 Å². The van der Waals surface area contributed by atoms with E-state index in [0.29, 0.717) is 18.6 Å². The molecule has 0 aliphatic carbocycles. The van der Waals surface area contributed by atoms with E-state index < -0.39 is 104 Å². The van der Waals surface area contributed by atoms with E-state index in [1.165, 1.54) is 25.3 Å². The zero-order valence-corrected chi connectivity index (χ0v) is 45.4. The topological polar surface area (TPSA) is 271 Å². The third kappa shape index (κ3) is 10.9. The van der Waals surface area contributed by atoms with E-state index in [9.17, 15) is 20.0 Å². The van der Waals surface area contributed by atoms with Crippen LogP contribution in [0.3, 0.4) is 0 Å². The Hall–Kier alpha value is -4.62. The minimum atomic E-state index is -4.65. The number of carbonyl (C=O) groups is 1. The number of anilines is 1. The number of amides is 1. The van der Waals surface area contributed by atoms with Gasteiger partial charge in [0.05, 0.1) is 57.4 Å². The van der Waals surface area contributed by atoms with E-state index in [1.807, 2.05) is 13.1 Å². The number of aromatic nitrogens is 8. The molecule has 390 valence electrons. The maximum absolute atomic E-state index is 16.4. The van der Waals surface area contributed by atoms with Crippen LogP contribution in [0.2, 0.25) is 36.3 Å². The summed E-state index contributed by atoms with van der Waals surface area (Å²) in [4.78, 5) is 51.3. The molecule has 8 rings (SSSR count). The second-order valence-corrected chi connectivity index (χ2v) is 33.1. The molecule has 25 heteroatoms. The summed E-state index contributed by atoms with van der Waals surface area (Å²) in [6.07, 6.45) is -0.203. The van der Waals surface area contributed by atoms with Gasteiger partial charge in [0.2, 0.25) is 0 Å². The Morgan fingerprint density at radius 2 is 1.53 bits per heavy atom. The molecule has 6 unspecified atom stereocenters. The number of hydrogen-bond acceptors (Lipinski definition) is 18. The van der Waals surface area contributed by atoms with Crippen molar-refractivity contribution in [2.75, 3.05) is 31.7 Å². The first-order valence-corrected chi connectivity index (χ1v) is 31.7. The number of nitriles is 1. The van der Waals surface area contributed by atoms with Crippen LogP contribution in [0.4, 0.5) is 5.82 Å². The second-order valence-electron chi connectivity index (χ2n) is 21.4. The number of imidazole rings is 2. The van der Waals surface area contributed by atoms with E-state index in [1.54, 1.807) is 39.5 Å². The predicted molar refractivity (Wildman–Crippen MR) is 269 cm³/mol. The normalized spacial score (nSPS) is 26.2. The number of benzene rings is 1. The van der Waals surface area contributed by atoms with Gasteiger partial charge in [-0.2, -0.15) is 5.26 Å². The molecule has 3 aliphatic rings. The third-order valence-corrected chi connectivity index (χ3v) is 25.8. The summed E-state index contributed by atoms with van der Waals surface area (Å²) in [5, 5.41) is 23.1. The lowest BCUT2D eigenvalue weighted by Gasteiger charge is -2.42. The Balaban J connectivity index is 1.23. The molecule has 3 aliphatic heterocycles. The highest BCUT2D eigenvalue weighted by Gasteiger charge is 2.61. The van der Waals surface area contributed by atoms with Crippen LogP contribution in [0.25, 0.3) is 22.3 Å². The average Bonchev–Trinajstić information content (AvgIpc) is 4.12. The fourth-order valence-electron chi connectivity index (χ4n) is 8.51. The summed E-state index contributed by atoms with van der Waals surface area (Å²) >= 11 is 0. The lowest BCUT2D eigenvalue weighted by molar-refractivity contribution is -0.214. The standard InChI is InChI=1S/C47H67N10O12PSi2/c1-46(2,3)71(7,8)68-35-31(66-44(37(35)67-32-19-14-15-21-62-32)56-28-54-34-41(56)51-26-52-43(34)60)24-64-70(61,63-22-16-20-48)38-36(69-72(9,10)47(4,5)6)30(23-58)65-45(38)57-27-53-33-39(49-25-50-40(33)57)55-42(59)29-17-12-11-13-18-29/h11-13,17-18,25-28,30-32,35-38,44-45,58H,14-16,19,21-24H2,1-10H3,(H,51,52,60)(H,49,50,55,59)/t30?,31?,32?,35-,36-,37-,38-,44?,45?,70?/m1/s1. The number of rotatable bonds is 18. The van der Waals surface area contributed by atoms with Gasteiger partial charge in [-0.3, -0.25) is 23.3 Å². The number of ether oxygens (including phenoxy) is 4. The van der Waals surface area contributed by atoms with Gasteiger partial charge in [-0.15, -0.1) is 0 Å². The number of nitrogens with one attached hydrogen (secondary N) is 2. The smallest absolute Gasteiger partial charge is 0.341 e. The zero-order chi connectivity index (χ0) is 51.8. The molecule has 1 aromatic carbocycles. The summed E-state index contributed by atoms with van der Waals surface area (Å²) in [5.41, 5.74) is -0.641. The summed E-state index contributed by atoms with van der Waals surface area (Å²) in [6, 6.07) is 10.7. The molecular formula is C47H67N10O12PSi2. The minimum Gasteiger partial charge on any atom is -0.410 e. The molecule has 1 amide bonds. The summed E-state index contributed by atoms with van der Waals surface area (Å²) in [6.45, 7) is 20.0. The molecule has 3 N–H and O–H groups in total. The number of hydrogen-bond donors (Lipinski definition) is 3. The molecule has 5 aromatic rings. The van der Waals surface area contributed by atoms with Crippen LogP contribution in [0.15, 0.2) is 60.4 Å². The number of aliphatic hydroxyl groups is 1. The van der Waals surface area contributed by atoms with Crippen molar-refractivity contribution in [3.63, 3.8) is 0 Å². The van der Waals surface area contributed by atoms with Crippen LogP contribution < -0.4 is 10.9 Å². The number of H-pyrrole nitrogens is 1. The van der Waals surface area contributed by atoms with Gasteiger partial charge in [-0.1, -0.05) is 59.7 Å². The molecule has 0 radical (unpaired) electrons. The van der Waals surface area contributed by atoms with Crippen LogP contribution in [0.1, 0.15) is 90.0 Å². The van der Waals surface area contributed by atoms with Crippen LogP contribution in [-0.2, 0) is 41.4 Å². The largest absolute Gasteiger partial charge is 0.410 e. The molecule has 7 heterocycles. The zero-order valence-electron chi connectivity index (χ0n) is 42.5. The first kappa shape index (κ1) is 53.7. The van der Waals surface area contributed by atoms with Crippen molar-refractivity contribution in [3.05, 3.63) is 71.6 Å². The molecule has 3 fully saturated rings. The maximum atomic E-state index is 16.4. The van der Waals surface area contributed by atoms with Gasteiger partial charge in [0, 0.05) is 12.2 Å².